The summed E-state index contributed by atoms with van der Waals surface area (Å²) in [6.07, 6.45) is 1.61. The van der Waals surface area contributed by atoms with E-state index in [-0.39, 0.29) is 51.9 Å². The Morgan fingerprint density at radius 2 is 1.88 bits per heavy atom. The van der Waals surface area contributed by atoms with E-state index in [1.54, 1.807) is 25.1 Å². The molecule has 1 aromatic carbocycles. The predicted octanol–water partition coefficient (Wildman–Crippen LogP) is 7.18. The number of fused-ring (bicyclic) bond motifs is 1. The second-order valence-corrected chi connectivity index (χ2v) is 17.0. The molecule has 2 aromatic heterocycles. The van der Waals surface area contributed by atoms with E-state index < -0.39 is 25.5 Å². The van der Waals surface area contributed by atoms with Gasteiger partial charge in [0.1, 0.15) is 17.0 Å². The summed E-state index contributed by atoms with van der Waals surface area (Å²) in [6.45, 7) is 17.2. The largest absolute Gasteiger partial charge is 0.481 e. The third kappa shape index (κ3) is 6.58. The monoisotopic (exact) mass is 590 g/mol. The lowest BCUT2D eigenvalue weighted by Gasteiger charge is -2.38. The summed E-state index contributed by atoms with van der Waals surface area (Å²) < 4.78 is 34.0. The zero-order chi connectivity index (χ0) is 30.0. The Bertz CT molecular complexity index is 1450. The normalized spacial score (nSPS) is 13.1. The van der Waals surface area contributed by atoms with Crippen molar-refractivity contribution in [3.8, 4) is 5.88 Å². The van der Waals surface area contributed by atoms with Crippen molar-refractivity contribution in [3.05, 3.63) is 68.2 Å². The number of hydrogen-bond acceptors (Lipinski definition) is 6. The molecule has 2 heterocycles. The minimum Gasteiger partial charge on any atom is -0.481 e. The lowest BCUT2D eigenvalue weighted by atomic mass is 10.0. The van der Waals surface area contributed by atoms with Crippen LogP contribution < -0.4 is 10.2 Å². The summed E-state index contributed by atoms with van der Waals surface area (Å²) in [6, 6.07) is 6.11. The number of hydrogen-bond donors (Lipinski definition) is 0. The van der Waals surface area contributed by atoms with Crippen LogP contribution in [0.5, 0.6) is 5.88 Å². The van der Waals surface area contributed by atoms with Crippen LogP contribution in [0.1, 0.15) is 69.1 Å². The molecule has 0 bridgehead atoms. The fraction of sp³-hybridized carbons (Fsp3) is 0.500. The standard InChI is InChI=1S/C30H40ClFN2O5Si/c1-10-38-29(36)22-16-34(24(18(2)3)17-39-40(8,9)30(4,5)6)27-21(26(22)35)15-20(28(33-27)37-7)14-19-12-11-13-23(31)25(19)32/h11-13,15-16,18,24H,10,14,17H2,1-9H3/t24-/m1/s1. The van der Waals surface area contributed by atoms with Gasteiger partial charge in [0, 0.05) is 18.2 Å². The average Bonchev–Trinajstić information content (AvgIpc) is 2.87. The van der Waals surface area contributed by atoms with Crippen LogP contribution in [-0.4, -0.2) is 44.2 Å². The molecule has 40 heavy (non-hydrogen) atoms. The van der Waals surface area contributed by atoms with E-state index >= 15 is 0 Å². The maximum Gasteiger partial charge on any atom is 0.343 e. The van der Waals surface area contributed by atoms with E-state index in [0.29, 0.717) is 23.4 Å². The number of halogens is 2. The van der Waals surface area contributed by atoms with Gasteiger partial charge in [-0.3, -0.25) is 4.79 Å². The van der Waals surface area contributed by atoms with Crippen molar-refractivity contribution in [2.24, 2.45) is 5.92 Å². The molecule has 0 saturated heterocycles. The molecule has 3 rings (SSSR count). The molecule has 0 spiro atoms. The Morgan fingerprint density at radius 1 is 1.20 bits per heavy atom. The van der Waals surface area contributed by atoms with Gasteiger partial charge in [-0.05, 0) is 48.7 Å². The summed E-state index contributed by atoms with van der Waals surface area (Å²) in [5.41, 5.74) is 0.554. The minimum absolute atomic E-state index is 0.00123. The van der Waals surface area contributed by atoms with Crippen molar-refractivity contribution >= 4 is 36.9 Å². The Balaban J connectivity index is 2.27. The number of carbonyl (C=O) groups excluding carboxylic acids is 1. The van der Waals surface area contributed by atoms with Crippen LogP contribution in [0.25, 0.3) is 11.0 Å². The molecular weight excluding hydrogens is 551 g/mol. The fourth-order valence-corrected chi connectivity index (χ4v) is 5.42. The highest BCUT2D eigenvalue weighted by Crippen LogP contribution is 2.38. The Labute approximate surface area is 241 Å². The quantitative estimate of drug-likeness (QED) is 0.184. The van der Waals surface area contributed by atoms with Crippen LogP contribution in [0.2, 0.25) is 23.2 Å². The summed E-state index contributed by atoms with van der Waals surface area (Å²) in [4.78, 5) is 31.3. The maximum absolute atomic E-state index is 14.8. The Hall–Kier alpha value is -2.75. The first-order valence-corrected chi connectivity index (χ1v) is 16.8. The van der Waals surface area contributed by atoms with Gasteiger partial charge in [-0.15, -0.1) is 0 Å². The first kappa shape index (κ1) is 31.8. The van der Waals surface area contributed by atoms with Gasteiger partial charge in [0.2, 0.25) is 11.3 Å². The third-order valence-corrected chi connectivity index (χ3v) is 12.5. The molecule has 0 unspecified atom stereocenters. The number of benzene rings is 1. The number of carbonyl (C=O) groups is 1. The van der Waals surface area contributed by atoms with Crippen molar-refractivity contribution in [2.75, 3.05) is 20.3 Å². The van der Waals surface area contributed by atoms with Gasteiger partial charge in [0.15, 0.2) is 8.32 Å². The van der Waals surface area contributed by atoms with Crippen LogP contribution in [0, 0.1) is 11.7 Å². The molecule has 0 saturated carbocycles. The van der Waals surface area contributed by atoms with E-state index in [2.05, 4.69) is 47.7 Å². The van der Waals surface area contributed by atoms with Crippen molar-refractivity contribution in [1.82, 2.24) is 9.55 Å². The second-order valence-electron chi connectivity index (χ2n) is 11.8. The number of pyridine rings is 2. The Kier molecular flexibility index (Phi) is 9.85. The van der Waals surface area contributed by atoms with Crippen LogP contribution in [0.4, 0.5) is 4.39 Å². The van der Waals surface area contributed by atoms with E-state index in [9.17, 15) is 14.0 Å². The molecule has 10 heteroatoms. The molecule has 218 valence electrons. The summed E-state index contributed by atoms with van der Waals surface area (Å²) >= 11 is 6.00. The highest BCUT2D eigenvalue weighted by Gasteiger charge is 2.38. The number of ether oxygens (including phenoxy) is 2. The van der Waals surface area contributed by atoms with Crippen molar-refractivity contribution in [1.29, 1.82) is 0 Å². The lowest BCUT2D eigenvalue weighted by Crippen LogP contribution is -2.42. The average molecular weight is 591 g/mol. The topological polar surface area (TPSA) is 79.7 Å². The van der Waals surface area contributed by atoms with Gasteiger partial charge in [-0.25, -0.2) is 9.18 Å². The molecule has 3 aromatic rings. The number of methoxy groups -OCH3 is 1. The number of aromatic nitrogens is 2. The van der Waals surface area contributed by atoms with Crippen molar-refractivity contribution < 1.29 is 23.1 Å². The molecule has 0 amide bonds. The number of rotatable bonds is 10. The molecule has 0 aliphatic heterocycles. The summed E-state index contributed by atoms with van der Waals surface area (Å²) in [7, 11) is -0.637. The molecule has 0 fully saturated rings. The van der Waals surface area contributed by atoms with Gasteiger partial charge >= 0.3 is 5.97 Å². The van der Waals surface area contributed by atoms with Gasteiger partial charge in [-0.1, -0.05) is 58.4 Å². The molecular formula is C30H40ClFN2O5Si. The maximum atomic E-state index is 14.8. The highest BCUT2D eigenvalue weighted by atomic mass is 35.5. The molecule has 1 atom stereocenters. The van der Waals surface area contributed by atoms with Crippen molar-refractivity contribution in [2.45, 2.75) is 72.1 Å². The van der Waals surface area contributed by atoms with E-state index in [1.165, 1.54) is 19.4 Å². The first-order valence-electron chi connectivity index (χ1n) is 13.5. The smallest absolute Gasteiger partial charge is 0.343 e. The van der Waals surface area contributed by atoms with Crippen molar-refractivity contribution in [3.63, 3.8) is 0 Å². The highest BCUT2D eigenvalue weighted by molar-refractivity contribution is 6.74. The van der Waals surface area contributed by atoms with Crippen LogP contribution in [0.3, 0.4) is 0 Å². The molecule has 0 N–H and O–H groups in total. The zero-order valence-corrected chi connectivity index (χ0v) is 26.6. The summed E-state index contributed by atoms with van der Waals surface area (Å²) in [5.74, 6) is -0.948. The molecule has 0 aliphatic rings. The number of nitrogens with zero attached hydrogens (tertiary/aromatic N) is 2. The molecule has 0 radical (unpaired) electrons. The second kappa shape index (κ2) is 12.4. The minimum atomic E-state index is -2.11. The molecule has 0 aliphatic carbocycles. The first-order chi connectivity index (χ1) is 18.6. The van der Waals surface area contributed by atoms with Crippen LogP contribution >= 0.6 is 11.6 Å². The predicted molar refractivity (Wildman–Crippen MR) is 160 cm³/mol. The third-order valence-electron chi connectivity index (χ3n) is 7.69. The van der Waals surface area contributed by atoms with Crippen LogP contribution in [0.15, 0.2) is 35.3 Å². The zero-order valence-electron chi connectivity index (χ0n) is 24.9. The van der Waals surface area contributed by atoms with Gasteiger partial charge in [-0.2, -0.15) is 4.98 Å². The van der Waals surface area contributed by atoms with Gasteiger partial charge in [0.05, 0.1) is 36.8 Å². The van der Waals surface area contributed by atoms with Gasteiger partial charge in [0.25, 0.3) is 0 Å². The van der Waals surface area contributed by atoms with Crippen LogP contribution in [-0.2, 0) is 15.6 Å². The van der Waals surface area contributed by atoms with E-state index in [0.717, 1.165) is 0 Å². The van der Waals surface area contributed by atoms with E-state index in [1.807, 2.05) is 4.57 Å². The number of esters is 1. The van der Waals surface area contributed by atoms with E-state index in [4.69, 9.17) is 30.5 Å². The lowest BCUT2D eigenvalue weighted by molar-refractivity contribution is 0.0523. The fourth-order valence-electron chi connectivity index (χ4n) is 4.20. The Morgan fingerprint density at radius 3 is 2.45 bits per heavy atom. The van der Waals surface area contributed by atoms with Gasteiger partial charge < -0.3 is 18.5 Å². The SMILES string of the molecule is CCOC(=O)c1cn([C@H](CO[Si](C)(C)C(C)(C)C)C(C)C)c2nc(OC)c(Cc3cccc(Cl)c3F)cc2c1=O. The molecule has 7 nitrogen and oxygen atoms in total. The summed E-state index contributed by atoms with van der Waals surface area (Å²) in [5, 5.41) is 0.211.